The average Bonchev–Trinajstić information content (AvgIpc) is 3.29. The Morgan fingerprint density at radius 2 is 2.06 bits per heavy atom. The zero-order valence-corrected chi connectivity index (χ0v) is 18.6. The van der Waals surface area contributed by atoms with Crippen LogP contribution in [0.4, 0.5) is 4.79 Å². The molecule has 1 aromatic heterocycles. The standard InChI is InChI=1S/C22H30N4O5/c1-6-13(2)18(21(27)31-5)25-22(28)26-10-9-16-19(24-12-23-16)20(26)15-11-14(29-3)7-8-17(15)30-4/h7-8,11-13,18,20H,6,9-10H2,1-5H3,(H,23,24)(H,25,28)/t13-,18+,20+/m1/s1. The van der Waals surface area contributed by atoms with E-state index in [9.17, 15) is 9.59 Å². The van der Waals surface area contributed by atoms with Gasteiger partial charge in [-0.3, -0.25) is 0 Å². The molecule has 0 radical (unpaired) electrons. The first-order chi connectivity index (χ1) is 14.9. The number of aromatic nitrogens is 2. The van der Waals surface area contributed by atoms with Crippen molar-refractivity contribution in [2.24, 2.45) is 5.92 Å². The van der Waals surface area contributed by atoms with Gasteiger partial charge in [-0.25, -0.2) is 14.6 Å². The number of hydrogen-bond donors (Lipinski definition) is 2. The Bertz CT molecular complexity index is 928. The highest BCUT2D eigenvalue weighted by Crippen LogP contribution is 2.39. The van der Waals surface area contributed by atoms with Crippen LogP contribution >= 0.6 is 0 Å². The number of carbonyl (C=O) groups excluding carboxylic acids is 2. The van der Waals surface area contributed by atoms with Gasteiger partial charge in [0.15, 0.2) is 0 Å². The lowest BCUT2D eigenvalue weighted by Crippen LogP contribution is -2.53. The highest BCUT2D eigenvalue weighted by atomic mass is 16.5. The van der Waals surface area contributed by atoms with Crippen molar-refractivity contribution in [3.8, 4) is 11.5 Å². The maximum Gasteiger partial charge on any atom is 0.328 e. The Morgan fingerprint density at radius 3 is 2.71 bits per heavy atom. The fourth-order valence-electron chi connectivity index (χ4n) is 3.88. The number of hydrogen-bond acceptors (Lipinski definition) is 6. The van der Waals surface area contributed by atoms with E-state index in [1.165, 1.54) is 7.11 Å². The van der Waals surface area contributed by atoms with Gasteiger partial charge < -0.3 is 29.4 Å². The van der Waals surface area contributed by atoms with Crippen LogP contribution in [0.5, 0.6) is 11.5 Å². The number of urea groups is 1. The van der Waals surface area contributed by atoms with Crippen LogP contribution in [0.25, 0.3) is 0 Å². The van der Waals surface area contributed by atoms with Gasteiger partial charge >= 0.3 is 12.0 Å². The molecule has 3 rings (SSSR count). The first kappa shape index (κ1) is 22.5. The molecule has 0 aliphatic carbocycles. The summed E-state index contributed by atoms with van der Waals surface area (Å²) in [6.45, 7) is 4.32. The van der Waals surface area contributed by atoms with Gasteiger partial charge in [0.2, 0.25) is 0 Å². The van der Waals surface area contributed by atoms with Crippen LogP contribution < -0.4 is 14.8 Å². The Balaban J connectivity index is 2.01. The summed E-state index contributed by atoms with van der Waals surface area (Å²) in [6, 6.07) is 3.85. The molecule has 2 N–H and O–H groups in total. The van der Waals surface area contributed by atoms with Gasteiger partial charge in [0.25, 0.3) is 0 Å². The van der Waals surface area contributed by atoms with Crippen molar-refractivity contribution in [3.63, 3.8) is 0 Å². The van der Waals surface area contributed by atoms with Gasteiger partial charge in [0.1, 0.15) is 23.6 Å². The molecule has 1 aromatic carbocycles. The van der Waals surface area contributed by atoms with Gasteiger partial charge in [0, 0.05) is 24.2 Å². The fourth-order valence-corrected chi connectivity index (χ4v) is 3.88. The summed E-state index contributed by atoms with van der Waals surface area (Å²) in [7, 11) is 4.49. The minimum Gasteiger partial charge on any atom is -0.497 e. The molecule has 2 amide bonds. The molecule has 2 heterocycles. The third-order valence-corrected chi connectivity index (χ3v) is 5.86. The second kappa shape index (κ2) is 9.72. The maximum atomic E-state index is 13.4. The predicted octanol–water partition coefficient (Wildman–Crippen LogP) is 2.67. The van der Waals surface area contributed by atoms with E-state index in [1.807, 2.05) is 26.0 Å². The van der Waals surface area contributed by atoms with Crippen molar-refractivity contribution >= 4 is 12.0 Å². The number of ether oxygens (including phenoxy) is 3. The van der Waals surface area contributed by atoms with Crippen LogP contribution in [0.15, 0.2) is 24.5 Å². The Hall–Kier alpha value is -3.23. The zero-order valence-electron chi connectivity index (χ0n) is 18.6. The molecule has 31 heavy (non-hydrogen) atoms. The van der Waals surface area contributed by atoms with Crippen LogP contribution in [0.3, 0.4) is 0 Å². The van der Waals surface area contributed by atoms with E-state index in [4.69, 9.17) is 14.2 Å². The molecule has 3 atom stereocenters. The third kappa shape index (κ3) is 4.45. The van der Waals surface area contributed by atoms with Crippen molar-refractivity contribution in [3.05, 3.63) is 41.5 Å². The number of esters is 1. The lowest BCUT2D eigenvalue weighted by molar-refractivity contribution is -0.144. The first-order valence-electron chi connectivity index (χ1n) is 10.3. The number of nitrogens with one attached hydrogen (secondary N) is 2. The molecule has 9 nitrogen and oxygen atoms in total. The molecule has 0 spiro atoms. The largest absolute Gasteiger partial charge is 0.497 e. The van der Waals surface area contributed by atoms with E-state index >= 15 is 0 Å². The van der Waals surface area contributed by atoms with Crippen molar-refractivity contribution in [2.45, 2.75) is 38.8 Å². The fraction of sp³-hybridized carbons (Fsp3) is 0.500. The molecule has 0 saturated carbocycles. The number of nitrogens with zero attached hydrogens (tertiary/aromatic N) is 2. The summed E-state index contributed by atoms with van der Waals surface area (Å²) < 4.78 is 15.9. The second-order valence-corrected chi connectivity index (χ2v) is 7.56. The predicted molar refractivity (Wildman–Crippen MR) is 114 cm³/mol. The maximum absolute atomic E-state index is 13.4. The summed E-state index contributed by atoms with van der Waals surface area (Å²) in [5, 5.41) is 2.88. The van der Waals surface area contributed by atoms with Crippen molar-refractivity contribution < 1.29 is 23.8 Å². The molecule has 0 bridgehead atoms. The number of methoxy groups -OCH3 is 3. The first-order valence-corrected chi connectivity index (χ1v) is 10.3. The number of fused-ring (bicyclic) bond motifs is 1. The zero-order chi connectivity index (χ0) is 22.5. The molecule has 168 valence electrons. The van der Waals surface area contributed by atoms with Gasteiger partial charge in [-0.05, 0) is 24.1 Å². The van der Waals surface area contributed by atoms with Crippen LogP contribution in [0, 0.1) is 5.92 Å². The number of benzene rings is 1. The number of imidazole rings is 1. The molecular weight excluding hydrogens is 400 g/mol. The number of aromatic amines is 1. The molecule has 2 aromatic rings. The topological polar surface area (TPSA) is 106 Å². The summed E-state index contributed by atoms with van der Waals surface area (Å²) >= 11 is 0. The van der Waals surface area contributed by atoms with Gasteiger partial charge in [-0.2, -0.15) is 0 Å². The van der Waals surface area contributed by atoms with Gasteiger partial charge in [-0.1, -0.05) is 20.3 Å². The smallest absolute Gasteiger partial charge is 0.328 e. The van der Waals surface area contributed by atoms with Crippen LogP contribution in [-0.2, 0) is 16.0 Å². The molecule has 9 heteroatoms. The Kier molecular flexibility index (Phi) is 7.04. The number of rotatable bonds is 7. The monoisotopic (exact) mass is 430 g/mol. The minimum absolute atomic E-state index is 0.0769. The lowest BCUT2D eigenvalue weighted by Gasteiger charge is -2.37. The summed E-state index contributed by atoms with van der Waals surface area (Å²) in [6.07, 6.45) is 2.97. The molecule has 0 unspecified atom stereocenters. The molecule has 1 aliphatic rings. The lowest BCUT2D eigenvalue weighted by atomic mass is 9.94. The van der Waals surface area contributed by atoms with E-state index in [1.54, 1.807) is 31.5 Å². The van der Waals surface area contributed by atoms with E-state index in [2.05, 4.69) is 15.3 Å². The molecule has 0 fully saturated rings. The van der Waals surface area contributed by atoms with E-state index in [-0.39, 0.29) is 11.9 Å². The van der Waals surface area contributed by atoms with Gasteiger partial charge in [-0.15, -0.1) is 0 Å². The third-order valence-electron chi connectivity index (χ3n) is 5.86. The Morgan fingerprint density at radius 1 is 1.29 bits per heavy atom. The van der Waals surface area contributed by atoms with Crippen LogP contribution in [0.1, 0.15) is 43.3 Å². The average molecular weight is 431 g/mol. The quantitative estimate of drug-likeness (QED) is 0.654. The SMILES string of the molecule is CC[C@@H](C)[C@H](NC(=O)N1CCc2[nH]cnc2[C@@H]1c1cc(OC)ccc1OC)C(=O)OC. The number of H-pyrrole nitrogens is 1. The molecule has 0 saturated heterocycles. The van der Waals surface area contributed by atoms with Crippen molar-refractivity contribution in [1.82, 2.24) is 20.2 Å². The summed E-state index contributed by atoms with van der Waals surface area (Å²) in [5.41, 5.74) is 2.46. The van der Waals surface area contributed by atoms with E-state index in [0.717, 1.165) is 23.4 Å². The van der Waals surface area contributed by atoms with Gasteiger partial charge in [0.05, 0.1) is 33.4 Å². The van der Waals surface area contributed by atoms with Crippen molar-refractivity contribution in [2.75, 3.05) is 27.9 Å². The second-order valence-electron chi connectivity index (χ2n) is 7.56. The molecular formula is C22H30N4O5. The number of carbonyl (C=O) groups is 2. The highest BCUT2D eigenvalue weighted by Gasteiger charge is 2.38. The number of amides is 2. The highest BCUT2D eigenvalue weighted by molar-refractivity contribution is 5.84. The van der Waals surface area contributed by atoms with E-state index < -0.39 is 18.1 Å². The minimum atomic E-state index is -0.740. The van der Waals surface area contributed by atoms with Crippen LogP contribution in [-0.4, -0.2) is 60.8 Å². The Labute approximate surface area is 182 Å². The van der Waals surface area contributed by atoms with Crippen LogP contribution in [0.2, 0.25) is 0 Å². The summed E-state index contributed by atoms with van der Waals surface area (Å²) in [5.74, 6) is 0.722. The molecule has 1 aliphatic heterocycles. The van der Waals surface area contributed by atoms with Crippen molar-refractivity contribution in [1.29, 1.82) is 0 Å². The van der Waals surface area contributed by atoms with E-state index in [0.29, 0.717) is 24.5 Å². The summed E-state index contributed by atoms with van der Waals surface area (Å²) in [4.78, 5) is 35.1. The normalized spacial score (nSPS) is 17.3.